The van der Waals surface area contributed by atoms with Gasteiger partial charge in [-0.25, -0.2) is 4.98 Å². The van der Waals surface area contributed by atoms with Gasteiger partial charge < -0.3 is 15.4 Å². The molecule has 6 nitrogen and oxygen atoms in total. The minimum absolute atomic E-state index is 0.135. The summed E-state index contributed by atoms with van der Waals surface area (Å²) in [6, 6.07) is 0.421. The number of nitrogens with one attached hydrogen (secondary N) is 2. The topological polar surface area (TPSA) is 76.1 Å². The lowest BCUT2D eigenvalue weighted by Crippen LogP contribution is -2.39. The van der Waals surface area contributed by atoms with Crippen LogP contribution in [0, 0.1) is 0 Å². The van der Waals surface area contributed by atoms with Crippen LogP contribution in [-0.4, -0.2) is 41.7 Å². The molecular formula is C14H20N4O2. The lowest BCUT2D eigenvalue weighted by atomic mass is 10.1. The highest BCUT2D eigenvalue weighted by Crippen LogP contribution is 2.20. The average molecular weight is 276 g/mol. The molecule has 0 unspecified atom stereocenters. The van der Waals surface area contributed by atoms with Gasteiger partial charge >= 0.3 is 0 Å². The third kappa shape index (κ3) is 3.13. The third-order valence-electron chi connectivity index (χ3n) is 3.86. The molecule has 1 amide bonds. The van der Waals surface area contributed by atoms with Crippen molar-refractivity contribution < 1.29 is 9.53 Å². The summed E-state index contributed by atoms with van der Waals surface area (Å²) in [7, 11) is 0. The summed E-state index contributed by atoms with van der Waals surface area (Å²) in [4.78, 5) is 20.8. The normalized spacial score (nSPS) is 23.7. The summed E-state index contributed by atoms with van der Waals surface area (Å²) < 4.78 is 5.29. The molecule has 0 aromatic carbocycles. The molecule has 2 aliphatic rings. The van der Waals surface area contributed by atoms with E-state index in [-0.39, 0.29) is 18.0 Å². The SMILES string of the molecule is O=C(NC1CCOCC1)c1cncc([C@H]2CCCN2)n1. The Labute approximate surface area is 118 Å². The van der Waals surface area contributed by atoms with Gasteiger partial charge in [0.05, 0.1) is 24.1 Å². The van der Waals surface area contributed by atoms with Crippen molar-refractivity contribution in [3.63, 3.8) is 0 Å². The molecule has 3 heterocycles. The van der Waals surface area contributed by atoms with Crippen LogP contribution < -0.4 is 10.6 Å². The van der Waals surface area contributed by atoms with E-state index in [1.165, 1.54) is 6.20 Å². The number of ether oxygens (including phenoxy) is 1. The van der Waals surface area contributed by atoms with E-state index in [1.54, 1.807) is 6.20 Å². The Bertz CT molecular complexity index is 468. The van der Waals surface area contributed by atoms with Gasteiger partial charge in [0.1, 0.15) is 5.69 Å². The van der Waals surface area contributed by atoms with Crippen molar-refractivity contribution in [1.82, 2.24) is 20.6 Å². The predicted molar refractivity (Wildman–Crippen MR) is 73.3 cm³/mol. The van der Waals surface area contributed by atoms with E-state index in [9.17, 15) is 4.79 Å². The summed E-state index contributed by atoms with van der Waals surface area (Å²) in [5.41, 5.74) is 1.27. The first-order chi connectivity index (χ1) is 9.83. The van der Waals surface area contributed by atoms with Crippen LogP contribution in [0.3, 0.4) is 0 Å². The van der Waals surface area contributed by atoms with Gasteiger partial charge in [-0.3, -0.25) is 9.78 Å². The Hall–Kier alpha value is -1.53. The molecule has 1 atom stereocenters. The number of carbonyl (C=O) groups is 1. The second-order valence-electron chi connectivity index (χ2n) is 5.34. The number of carbonyl (C=O) groups excluding carboxylic acids is 1. The minimum atomic E-state index is -0.135. The maximum absolute atomic E-state index is 12.2. The fourth-order valence-corrected chi connectivity index (χ4v) is 2.70. The van der Waals surface area contributed by atoms with E-state index in [2.05, 4.69) is 20.6 Å². The molecule has 3 rings (SSSR count). The molecule has 20 heavy (non-hydrogen) atoms. The first-order valence-corrected chi connectivity index (χ1v) is 7.27. The van der Waals surface area contributed by atoms with E-state index in [4.69, 9.17) is 4.74 Å². The minimum Gasteiger partial charge on any atom is -0.381 e. The van der Waals surface area contributed by atoms with Crippen LogP contribution >= 0.6 is 0 Å². The quantitative estimate of drug-likeness (QED) is 0.854. The Balaban J connectivity index is 1.66. The van der Waals surface area contributed by atoms with Gasteiger partial charge in [-0.1, -0.05) is 0 Å². The molecule has 0 spiro atoms. The van der Waals surface area contributed by atoms with Crippen LogP contribution in [0.25, 0.3) is 0 Å². The molecule has 0 aliphatic carbocycles. The zero-order valence-corrected chi connectivity index (χ0v) is 11.5. The zero-order valence-electron chi connectivity index (χ0n) is 11.5. The zero-order chi connectivity index (χ0) is 13.8. The van der Waals surface area contributed by atoms with Crippen LogP contribution in [0.1, 0.15) is 47.9 Å². The number of hydrogen-bond donors (Lipinski definition) is 2. The van der Waals surface area contributed by atoms with Gasteiger partial charge in [-0.05, 0) is 32.2 Å². The average Bonchev–Trinajstić information content (AvgIpc) is 3.03. The van der Waals surface area contributed by atoms with Gasteiger partial charge in [0.2, 0.25) is 0 Å². The standard InChI is InChI=1S/C14H20N4O2/c19-14(17-10-3-6-20-7-4-10)13-9-15-8-12(18-13)11-2-1-5-16-11/h8-11,16H,1-7H2,(H,17,19)/t11-/m1/s1. The van der Waals surface area contributed by atoms with Gasteiger partial charge in [-0.2, -0.15) is 0 Å². The first kappa shape index (κ1) is 13.5. The monoisotopic (exact) mass is 276 g/mol. The van der Waals surface area contributed by atoms with Crippen molar-refractivity contribution in [3.8, 4) is 0 Å². The number of aromatic nitrogens is 2. The summed E-state index contributed by atoms with van der Waals surface area (Å²) in [5.74, 6) is -0.135. The smallest absolute Gasteiger partial charge is 0.271 e. The predicted octanol–water partition coefficient (Wildman–Crippen LogP) is 0.810. The molecule has 0 bridgehead atoms. The van der Waals surface area contributed by atoms with E-state index >= 15 is 0 Å². The number of hydrogen-bond acceptors (Lipinski definition) is 5. The third-order valence-corrected chi connectivity index (χ3v) is 3.86. The lowest BCUT2D eigenvalue weighted by molar-refractivity contribution is 0.0694. The van der Waals surface area contributed by atoms with Crippen molar-refractivity contribution >= 4 is 5.91 Å². The van der Waals surface area contributed by atoms with Crippen LogP contribution in [0.15, 0.2) is 12.4 Å². The molecule has 1 aromatic heterocycles. The van der Waals surface area contributed by atoms with Crippen molar-refractivity contribution in [2.24, 2.45) is 0 Å². The number of rotatable bonds is 3. The maximum atomic E-state index is 12.2. The number of nitrogens with zero attached hydrogens (tertiary/aromatic N) is 2. The maximum Gasteiger partial charge on any atom is 0.271 e. The summed E-state index contributed by atoms with van der Waals surface area (Å²) in [6.45, 7) is 2.43. The van der Waals surface area contributed by atoms with Crippen LogP contribution in [-0.2, 0) is 4.74 Å². The number of amides is 1. The highest BCUT2D eigenvalue weighted by molar-refractivity contribution is 5.92. The summed E-state index contributed by atoms with van der Waals surface area (Å²) in [5, 5.41) is 6.38. The van der Waals surface area contributed by atoms with Crippen molar-refractivity contribution in [2.75, 3.05) is 19.8 Å². The van der Waals surface area contributed by atoms with Crippen molar-refractivity contribution in [1.29, 1.82) is 0 Å². The Morgan fingerprint density at radius 1 is 1.30 bits per heavy atom. The van der Waals surface area contributed by atoms with Gasteiger partial charge in [-0.15, -0.1) is 0 Å². The van der Waals surface area contributed by atoms with E-state index in [1.807, 2.05) is 0 Å². The fourth-order valence-electron chi connectivity index (χ4n) is 2.70. The van der Waals surface area contributed by atoms with Gasteiger partial charge in [0, 0.05) is 19.3 Å². The Morgan fingerprint density at radius 2 is 2.15 bits per heavy atom. The molecular weight excluding hydrogens is 256 g/mol. The molecule has 2 N–H and O–H groups in total. The Kier molecular flexibility index (Phi) is 4.22. The van der Waals surface area contributed by atoms with Crippen LogP contribution in [0.2, 0.25) is 0 Å². The first-order valence-electron chi connectivity index (χ1n) is 7.27. The molecule has 0 radical (unpaired) electrons. The highest BCUT2D eigenvalue weighted by atomic mass is 16.5. The summed E-state index contributed by atoms with van der Waals surface area (Å²) in [6.07, 6.45) is 7.21. The summed E-state index contributed by atoms with van der Waals surface area (Å²) >= 11 is 0. The molecule has 0 saturated carbocycles. The molecule has 1 aromatic rings. The highest BCUT2D eigenvalue weighted by Gasteiger charge is 2.21. The molecule has 2 fully saturated rings. The van der Waals surface area contributed by atoms with Crippen molar-refractivity contribution in [3.05, 3.63) is 23.8 Å². The van der Waals surface area contributed by atoms with Crippen molar-refractivity contribution in [2.45, 2.75) is 37.8 Å². The van der Waals surface area contributed by atoms with Crippen LogP contribution in [0.5, 0.6) is 0 Å². The van der Waals surface area contributed by atoms with E-state index in [0.29, 0.717) is 18.9 Å². The van der Waals surface area contributed by atoms with Gasteiger partial charge in [0.15, 0.2) is 0 Å². The second kappa shape index (κ2) is 6.28. The Morgan fingerprint density at radius 3 is 2.90 bits per heavy atom. The van der Waals surface area contributed by atoms with Crippen LogP contribution in [0.4, 0.5) is 0 Å². The lowest BCUT2D eigenvalue weighted by Gasteiger charge is -2.23. The fraction of sp³-hybridized carbons (Fsp3) is 0.643. The second-order valence-corrected chi connectivity index (χ2v) is 5.34. The molecule has 2 aliphatic heterocycles. The van der Waals surface area contributed by atoms with Gasteiger partial charge in [0.25, 0.3) is 5.91 Å². The molecule has 108 valence electrons. The molecule has 6 heteroatoms. The van der Waals surface area contributed by atoms with E-state index in [0.717, 1.165) is 37.9 Å². The molecule has 2 saturated heterocycles. The van der Waals surface area contributed by atoms with E-state index < -0.39 is 0 Å². The largest absolute Gasteiger partial charge is 0.381 e.